The van der Waals surface area contributed by atoms with E-state index in [0.717, 1.165) is 50.4 Å². The van der Waals surface area contributed by atoms with E-state index in [1.807, 2.05) is 23.1 Å². The lowest BCUT2D eigenvalue weighted by Crippen LogP contribution is -2.39. The fraction of sp³-hybridized carbons (Fsp3) is 0.550. The van der Waals surface area contributed by atoms with Crippen LogP contribution >= 0.6 is 0 Å². The van der Waals surface area contributed by atoms with E-state index in [0.29, 0.717) is 19.1 Å². The highest BCUT2D eigenvalue weighted by atomic mass is 16.5. The molecule has 26 heavy (non-hydrogen) atoms. The molecule has 1 fully saturated rings. The standard InChI is InChI=1S/C20H26N4O2/c1-15-7-8-17(26-15)9-10-20(25)23-11-12-24-18(21-22-19(24)14-23)13-16-5-3-2-4-6-16/h2-6,15,17H,7-14H2,1H3. The van der Waals surface area contributed by atoms with Gasteiger partial charge >= 0.3 is 0 Å². The van der Waals surface area contributed by atoms with Crippen LogP contribution in [0.4, 0.5) is 0 Å². The van der Waals surface area contributed by atoms with Gasteiger partial charge in [-0.15, -0.1) is 10.2 Å². The van der Waals surface area contributed by atoms with Crippen molar-refractivity contribution in [2.45, 2.75) is 64.3 Å². The average molecular weight is 354 g/mol. The first-order valence-corrected chi connectivity index (χ1v) is 9.57. The third-order valence-electron chi connectivity index (χ3n) is 5.39. The Morgan fingerprint density at radius 3 is 2.81 bits per heavy atom. The monoisotopic (exact) mass is 354 g/mol. The summed E-state index contributed by atoms with van der Waals surface area (Å²) >= 11 is 0. The van der Waals surface area contributed by atoms with Crippen molar-refractivity contribution in [1.82, 2.24) is 19.7 Å². The summed E-state index contributed by atoms with van der Waals surface area (Å²) in [6.45, 7) is 4.16. The smallest absolute Gasteiger partial charge is 0.223 e. The van der Waals surface area contributed by atoms with Crippen LogP contribution in [0.5, 0.6) is 0 Å². The van der Waals surface area contributed by atoms with Gasteiger partial charge in [-0.1, -0.05) is 30.3 Å². The van der Waals surface area contributed by atoms with Crippen LogP contribution in [0.2, 0.25) is 0 Å². The lowest BCUT2D eigenvalue weighted by Gasteiger charge is -2.28. The molecule has 1 aromatic carbocycles. The second kappa shape index (κ2) is 7.58. The van der Waals surface area contributed by atoms with E-state index < -0.39 is 0 Å². The van der Waals surface area contributed by atoms with Crippen molar-refractivity contribution in [2.24, 2.45) is 0 Å². The molecule has 0 saturated carbocycles. The predicted molar refractivity (Wildman–Crippen MR) is 97.5 cm³/mol. The van der Waals surface area contributed by atoms with Crippen LogP contribution < -0.4 is 0 Å². The van der Waals surface area contributed by atoms with Crippen LogP contribution in [0.25, 0.3) is 0 Å². The van der Waals surface area contributed by atoms with Crippen molar-refractivity contribution in [1.29, 1.82) is 0 Å². The summed E-state index contributed by atoms with van der Waals surface area (Å²) in [6.07, 6.45) is 4.93. The number of hydrogen-bond acceptors (Lipinski definition) is 4. The van der Waals surface area contributed by atoms with Gasteiger partial charge in [0.05, 0.1) is 18.8 Å². The summed E-state index contributed by atoms with van der Waals surface area (Å²) in [5, 5.41) is 8.69. The van der Waals surface area contributed by atoms with E-state index >= 15 is 0 Å². The second-order valence-electron chi connectivity index (χ2n) is 7.35. The molecule has 2 aliphatic heterocycles. The van der Waals surface area contributed by atoms with Crippen LogP contribution in [0.1, 0.15) is 49.8 Å². The van der Waals surface area contributed by atoms with Gasteiger partial charge in [0.25, 0.3) is 0 Å². The molecule has 4 rings (SSSR count). The molecule has 0 spiro atoms. The Bertz CT molecular complexity index is 758. The molecule has 2 aliphatic rings. The highest BCUT2D eigenvalue weighted by Crippen LogP contribution is 2.23. The first-order valence-electron chi connectivity index (χ1n) is 9.57. The van der Waals surface area contributed by atoms with E-state index in [-0.39, 0.29) is 12.0 Å². The van der Waals surface area contributed by atoms with Crippen molar-refractivity contribution in [3.05, 3.63) is 47.5 Å². The number of nitrogens with zero attached hydrogens (tertiary/aromatic N) is 4. The highest BCUT2D eigenvalue weighted by molar-refractivity contribution is 5.76. The first kappa shape index (κ1) is 17.2. The summed E-state index contributed by atoms with van der Waals surface area (Å²) in [4.78, 5) is 14.5. The van der Waals surface area contributed by atoms with Crippen molar-refractivity contribution in [3.63, 3.8) is 0 Å². The molecule has 0 N–H and O–H groups in total. The number of carbonyl (C=O) groups excluding carboxylic acids is 1. The van der Waals surface area contributed by atoms with Gasteiger partial charge in [0.1, 0.15) is 5.82 Å². The largest absolute Gasteiger partial charge is 0.375 e. The molecule has 2 unspecified atom stereocenters. The van der Waals surface area contributed by atoms with Gasteiger partial charge in [0.15, 0.2) is 5.82 Å². The Kier molecular flexibility index (Phi) is 5.02. The summed E-state index contributed by atoms with van der Waals surface area (Å²) < 4.78 is 7.98. The SMILES string of the molecule is CC1CCC(CCC(=O)N2CCn3c(Cc4ccccc4)nnc3C2)O1. The molecule has 138 valence electrons. The molecule has 0 bridgehead atoms. The molecule has 1 saturated heterocycles. The topological polar surface area (TPSA) is 60.2 Å². The number of ether oxygens (including phenoxy) is 1. The van der Waals surface area contributed by atoms with E-state index in [2.05, 4.69) is 33.8 Å². The molecule has 1 aromatic heterocycles. The van der Waals surface area contributed by atoms with Gasteiger partial charge < -0.3 is 14.2 Å². The fourth-order valence-electron chi connectivity index (χ4n) is 3.88. The van der Waals surface area contributed by atoms with E-state index in [1.54, 1.807) is 0 Å². The lowest BCUT2D eigenvalue weighted by atomic mass is 10.1. The number of benzene rings is 1. The van der Waals surface area contributed by atoms with Gasteiger partial charge in [-0.2, -0.15) is 0 Å². The normalized spacial score (nSPS) is 22.4. The molecular formula is C20H26N4O2. The van der Waals surface area contributed by atoms with Gasteiger partial charge in [-0.05, 0) is 31.7 Å². The Hall–Kier alpha value is -2.21. The zero-order valence-electron chi connectivity index (χ0n) is 15.3. The van der Waals surface area contributed by atoms with Gasteiger partial charge in [0.2, 0.25) is 5.91 Å². The number of aromatic nitrogens is 3. The lowest BCUT2D eigenvalue weighted by molar-refractivity contribution is -0.133. The molecule has 1 amide bonds. The minimum absolute atomic E-state index is 0.201. The maximum Gasteiger partial charge on any atom is 0.223 e. The van der Waals surface area contributed by atoms with E-state index in [1.165, 1.54) is 5.56 Å². The van der Waals surface area contributed by atoms with Crippen LogP contribution in [0.3, 0.4) is 0 Å². The Labute approximate surface area is 154 Å². The molecule has 0 aliphatic carbocycles. The molecule has 6 heteroatoms. The number of fused-ring (bicyclic) bond motifs is 1. The van der Waals surface area contributed by atoms with Crippen molar-refractivity contribution < 1.29 is 9.53 Å². The van der Waals surface area contributed by atoms with Crippen molar-refractivity contribution >= 4 is 5.91 Å². The molecule has 6 nitrogen and oxygen atoms in total. The minimum Gasteiger partial charge on any atom is -0.375 e. The van der Waals surface area contributed by atoms with Crippen LogP contribution in [-0.2, 0) is 29.0 Å². The number of rotatable bonds is 5. The number of carbonyl (C=O) groups is 1. The summed E-state index contributed by atoms with van der Waals surface area (Å²) in [6, 6.07) is 10.3. The van der Waals surface area contributed by atoms with E-state index in [4.69, 9.17) is 4.74 Å². The van der Waals surface area contributed by atoms with Gasteiger partial charge in [-0.3, -0.25) is 4.79 Å². The van der Waals surface area contributed by atoms with Gasteiger partial charge in [0, 0.05) is 25.9 Å². The third kappa shape index (κ3) is 3.80. The Morgan fingerprint density at radius 1 is 1.19 bits per heavy atom. The zero-order chi connectivity index (χ0) is 17.9. The van der Waals surface area contributed by atoms with Crippen molar-refractivity contribution in [2.75, 3.05) is 6.54 Å². The molecule has 3 heterocycles. The molecule has 2 atom stereocenters. The Morgan fingerprint density at radius 2 is 2.04 bits per heavy atom. The first-order chi connectivity index (χ1) is 12.7. The molecule has 0 radical (unpaired) electrons. The van der Waals surface area contributed by atoms with Crippen LogP contribution in [0, 0.1) is 0 Å². The highest BCUT2D eigenvalue weighted by Gasteiger charge is 2.26. The van der Waals surface area contributed by atoms with Crippen LogP contribution in [-0.4, -0.2) is 44.3 Å². The fourth-order valence-corrected chi connectivity index (χ4v) is 3.88. The quantitative estimate of drug-likeness (QED) is 0.828. The summed E-state index contributed by atoms with van der Waals surface area (Å²) in [5.41, 5.74) is 1.23. The number of hydrogen-bond donors (Lipinski definition) is 0. The maximum absolute atomic E-state index is 12.6. The second-order valence-corrected chi connectivity index (χ2v) is 7.35. The minimum atomic E-state index is 0.201. The summed E-state index contributed by atoms with van der Waals surface area (Å²) in [5.74, 6) is 2.07. The Balaban J connectivity index is 1.34. The van der Waals surface area contributed by atoms with Crippen LogP contribution in [0.15, 0.2) is 30.3 Å². The average Bonchev–Trinajstić information content (AvgIpc) is 3.26. The number of amides is 1. The molecule has 2 aromatic rings. The maximum atomic E-state index is 12.6. The zero-order valence-corrected chi connectivity index (χ0v) is 15.3. The molecular weight excluding hydrogens is 328 g/mol. The van der Waals surface area contributed by atoms with Gasteiger partial charge in [-0.25, -0.2) is 0 Å². The summed E-state index contributed by atoms with van der Waals surface area (Å²) in [7, 11) is 0. The third-order valence-corrected chi connectivity index (χ3v) is 5.39. The van der Waals surface area contributed by atoms with E-state index in [9.17, 15) is 4.79 Å². The van der Waals surface area contributed by atoms with Crippen molar-refractivity contribution in [3.8, 4) is 0 Å². The predicted octanol–water partition coefficient (Wildman–Crippen LogP) is 2.56.